The van der Waals surface area contributed by atoms with E-state index >= 15 is 0 Å². The Morgan fingerprint density at radius 2 is 1.96 bits per heavy atom. The third kappa shape index (κ3) is 2.31. The summed E-state index contributed by atoms with van der Waals surface area (Å²) >= 11 is 0. The first kappa shape index (κ1) is 14.7. The first-order valence-corrected chi connectivity index (χ1v) is 7.88. The van der Waals surface area contributed by atoms with E-state index in [1.165, 1.54) is 7.11 Å². The minimum atomic E-state index is -0.594. The van der Waals surface area contributed by atoms with Crippen LogP contribution in [0.3, 0.4) is 0 Å². The van der Waals surface area contributed by atoms with E-state index in [1.807, 2.05) is 18.2 Å². The SMILES string of the molecule is COC(=O)c1cc(=O)oc2c1ccc1ccc(N3CCCC3)nc12. The Kier molecular flexibility index (Phi) is 3.45. The van der Waals surface area contributed by atoms with Crippen molar-refractivity contribution in [1.29, 1.82) is 0 Å². The summed E-state index contributed by atoms with van der Waals surface area (Å²) in [6, 6.07) is 8.71. The quantitative estimate of drug-likeness (QED) is 0.410. The fourth-order valence-corrected chi connectivity index (χ4v) is 3.19. The molecule has 1 aromatic carbocycles. The zero-order valence-electron chi connectivity index (χ0n) is 13.2. The molecule has 24 heavy (non-hydrogen) atoms. The van der Waals surface area contributed by atoms with Crippen LogP contribution in [0.4, 0.5) is 5.82 Å². The van der Waals surface area contributed by atoms with Gasteiger partial charge in [0, 0.05) is 29.9 Å². The number of pyridine rings is 1. The Morgan fingerprint density at radius 1 is 1.21 bits per heavy atom. The third-order valence-electron chi connectivity index (χ3n) is 4.39. The Balaban J connectivity index is 2.01. The molecule has 3 aromatic rings. The summed E-state index contributed by atoms with van der Waals surface area (Å²) in [5, 5.41) is 1.38. The standard InChI is InChI=1S/C18H16N2O4/c1-23-18(22)13-10-15(21)24-17-12(13)6-4-11-5-7-14(19-16(11)17)20-8-2-3-9-20/h4-7,10H,2-3,8-9H2,1H3. The molecule has 0 atom stereocenters. The number of fused-ring (bicyclic) bond motifs is 3. The number of aromatic nitrogens is 1. The molecule has 0 amide bonds. The minimum Gasteiger partial charge on any atom is -0.465 e. The van der Waals surface area contributed by atoms with Crippen molar-refractivity contribution in [1.82, 2.24) is 4.98 Å². The topological polar surface area (TPSA) is 72.6 Å². The number of ether oxygens (including phenoxy) is 1. The van der Waals surface area contributed by atoms with Crippen molar-refractivity contribution in [3.8, 4) is 0 Å². The molecule has 0 bridgehead atoms. The molecule has 6 nitrogen and oxygen atoms in total. The van der Waals surface area contributed by atoms with E-state index in [0.717, 1.165) is 43.2 Å². The number of esters is 1. The number of carbonyl (C=O) groups excluding carboxylic acids is 1. The zero-order valence-corrected chi connectivity index (χ0v) is 13.2. The maximum absolute atomic E-state index is 12.0. The predicted molar refractivity (Wildman–Crippen MR) is 90.6 cm³/mol. The van der Waals surface area contributed by atoms with Crippen LogP contribution in [0.25, 0.3) is 21.9 Å². The average molecular weight is 324 g/mol. The molecule has 0 aliphatic carbocycles. The minimum absolute atomic E-state index is 0.194. The lowest BCUT2D eigenvalue weighted by molar-refractivity contribution is 0.0602. The molecule has 1 aliphatic rings. The summed E-state index contributed by atoms with van der Waals surface area (Å²) in [5.41, 5.74) is 0.504. The number of anilines is 1. The Morgan fingerprint density at radius 3 is 2.71 bits per heavy atom. The first-order valence-electron chi connectivity index (χ1n) is 7.88. The van der Waals surface area contributed by atoms with Crippen LogP contribution in [-0.2, 0) is 4.74 Å². The zero-order chi connectivity index (χ0) is 16.7. The molecular weight excluding hydrogens is 308 g/mol. The van der Waals surface area contributed by atoms with Crippen molar-refractivity contribution < 1.29 is 13.9 Å². The highest BCUT2D eigenvalue weighted by Gasteiger charge is 2.18. The van der Waals surface area contributed by atoms with Gasteiger partial charge in [0.05, 0.1) is 12.7 Å². The van der Waals surface area contributed by atoms with Crippen molar-refractivity contribution >= 4 is 33.7 Å². The van der Waals surface area contributed by atoms with E-state index in [2.05, 4.69) is 4.90 Å². The Hall–Kier alpha value is -2.89. The summed E-state index contributed by atoms with van der Waals surface area (Å²) in [6.45, 7) is 1.95. The molecule has 0 unspecified atom stereocenters. The largest absolute Gasteiger partial charge is 0.465 e. The van der Waals surface area contributed by atoms with Crippen LogP contribution in [0.15, 0.2) is 39.5 Å². The lowest BCUT2D eigenvalue weighted by Gasteiger charge is -2.16. The second-order valence-electron chi connectivity index (χ2n) is 5.85. The Labute approximate surface area is 137 Å². The van der Waals surface area contributed by atoms with Gasteiger partial charge in [-0.25, -0.2) is 14.6 Å². The third-order valence-corrected chi connectivity index (χ3v) is 4.39. The molecule has 4 rings (SSSR count). The smallest absolute Gasteiger partial charge is 0.338 e. The van der Waals surface area contributed by atoms with Crippen molar-refractivity contribution in [2.45, 2.75) is 12.8 Å². The molecule has 122 valence electrons. The highest BCUT2D eigenvalue weighted by molar-refractivity contribution is 6.10. The van der Waals surface area contributed by atoms with Gasteiger partial charge in [-0.15, -0.1) is 0 Å². The normalized spacial score (nSPS) is 14.5. The van der Waals surface area contributed by atoms with Gasteiger partial charge in [0.2, 0.25) is 0 Å². The van der Waals surface area contributed by atoms with E-state index in [0.29, 0.717) is 16.5 Å². The number of hydrogen-bond acceptors (Lipinski definition) is 6. The van der Waals surface area contributed by atoms with Crippen LogP contribution < -0.4 is 10.5 Å². The van der Waals surface area contributed by atoms with Gasteiger partial charge < -0.3 is 14.1 Å². The van der Waals surface area contributed by atoms with Crippen LogP contribution >= 0.6 is 0 Å². The van der Waals surface area contributed by atoms with E-state index in [-0.39, 0.29) is 5.56 Å². The highest BCUT2D eigenvalue weighted by atomic mass is 16.5. The molecule has 6 heteroatoms. The summed E-state index contributed by atoms with van der Waals surface area (Å²) < 4.78 is 10.2. The van der Waals surface area contributed by atoms with Gasteiger partial charge in [-0.2, -0.15) is 0 Å². The number of methoxy groups -OCH3 is 1. The average Bonchev–Trinajstić information content (AvgIpc) is 3.14. The summed E-state index contributed by atoms with van der Waals surface area (Å²) in [5.74, 6) is 0.293. The van der Waals surface area contributed by atoms with Crippen LogP contribution in [0.1, 0.15) is 23.2 Å². The number of carbonyl (C=O) groups is 1. The van der Waals surface area contributed by atoms with Crippen LogP contribution in [0.2, 0.25) is 0 Å². The van der Waals surface area contributed by atoms with Gasteiger partial charge in [-0.1, -0.05) is 6.07 Å². The number of rotatable bonds is 2. The molecule has 1 aliphatic heterocycles. The molecule has 0 saturated carbocycles. The van der Waals surface area contributed by atoms with Gasteiger partial charge in [0.15, 0.2) is 5.58 Å². The van der Waals surface area contributed by atoms with E-state index in [1.54, 1.807) is 6.07 Å². The monoisotopic (exact) mass is 324 g/mol. The van der Waals surface area contributed by atoms with Gasteiger partial charge >= 0.3 is 11.6 Å². The summed E-state index contributed by atoms with van der Waals surface area (Å²) in [6.07, 6.45) is 2.30. The van der Waals surface area contributed by atoms with E-state index < -0.39 is 11.6 Å². The molecule has 3 heterocycles. The van der Waals surface area contributed by atoms with Gasteiger partial charge in [0.1, 0.15) is 11.3 Å². The molecule has 2 aromatic heterocycles. The summed E-state index contributed by atoms with van der Waals surface area (Å²) in [7, 11) is 1.29. The second kappa shape index (κ2) is 5.63. The van der Waals surface area contributed by atoms with Crippen LogP contribution in [0, 0.1) is 0 Å². The number of nitrogens with zero attached hydrogens (tertiary/aromatic N) is 2. The highest BCUT2D eigenvalue weighted by Crippen LogP contribution is 2.28. The first-order chi connectivity index (χ1) is 11.7. The predicted octanol–water partition coefficient (Wildman–Crippen LogP) is 2.73. The van der Waals surface area contributed by atoms with Gasteiger partial charge in [-0.05, 0) is 31.0 Å². The number of hydrogen-bond donors (Lipinski definition) is 0. The molecule has 0 N–H and O–H groups in total. The number of benzene rings is 1. The fraction of sp³-hybridized carbons (Fsp3) is 0.278. The maximum Gasteiger partial charge on any atom is 0.338 e. The Bertz CT molecular complexity index is 1000. The second-order valence-corrected chi connectivity index (χ2v) is 5.85. The lowest BCUT2D eigenvalue weighted by atomic mass is 10.1. The molecule has 0 spiro atoms. The van der Waals surface area contributed by atoms with Crippen LogP contribution in [0.5, 0.6) is 0 Å². The van der Waals surface area contributed by atoms with Crippen molar-refractivity contribution in [3.63, 3.8) is 0 Å². The molecule has 1 fully saturated rings. The van der Waals surface area contributed by atoms with E-state index in [4.69, 9.17) is 14.1 Å². The lowest BCUT2D eigenvalue weighted by Crippen LogP contribution is -2.18. The van der Waals surface area contributed by atoms with E-state index in [9.17, 15) is 9.59 Å². The van der Waals surface area contributed by atoms with Crippen LogP contribution in [-0.4, -0.2) is 31.2 Å². The van der Waals surface area contributed by atoms with Crippen molar-refractivity contribution in [2.24, 2.45) is 0 Å². The van der Waals surface area contributed by atoms with Crippen molar-refractivity contribution in [2.75, 3.05) is 25.1 Å². The fourth-order valence-electron chi connectivity index (χ4n) is 3.19. The molecule has 1 saturated heterocycles. The summed E-state index contributed by atoms with van der Waals surface area (Å²) in [4.78, 5) is 30.8. The van der Waals surface area contributed by atoms with Gasteiger partial charge in [-0.3, -0.25) is 0 Å². The van der Waals surface area contributed by atoms with Gasteiger partial charge in [0.25, 0.3) is 0 Å². The molecule has 0 radical (unpaired) electrons. The molecular formula is C18H16N2O4. The van der Waals surface area contributed by atoms with Crippen molar-refractivity contribution in [3.05, 3.63) is 46.3 Å². The maximum atomic E-state index is 12.0.